The Kier molecular flexibility index (Phi) is 4.78. The summed E-state index contributed by atoms with van der Waals surface area (Å²) in [7, 11) is 0. The summed E-state index contributed by atoms with van der Waals surface area (Å²) in [5.74, 6) is 2.16. The zero-order chi connectivity index (χ0) is 18.3. The quantitative estimate of drug-likeness (QED) is 0.893. The number of hydrogen-bond acceptors (Lipinski definition) is 4. The molecule has 142 valence electrons. The highest BCUT2D eigenvalue weighted by Crippen LogP contribution is 2.42. The molecule has 2 amide bonds. The summed E-state index contributed by atoms with van der Waals surface area (Å²) >= 11 is 0. The number of aryl methyl sites for hydroxylation is 1. The number of amides is 2. The Balaban J connectivity index is 1.39. The molecule has 2 aliphatic heterocycles. The number of likely N-dealkylation sites (tertiary alicyclic amines) is 2. The van der Waals surface area contributed by atoms with Gasteiger partial charge in [-0.25, -0.2) is 0 Å². The van der Waals surface area contributed by atoms with Gasteiger partial charge in [0.2, 0.25) is 5.91 Å². The van der Waals surface area contributed by atoms with Crippen molar-refractivity contribution in [2.24, 2.45) is 11.8 Å². The van der Waals surface area contributed by atoms with Crippen molar-refractivity contribution in [2.75, 3.05) is 26.2 Å². The van der Waals surface area contributed by atoms with Crippen LogP contribution in [0.25, 0.3) is 0 Å². The first kappa shape index (κ1) is 17.6. The van der Waals surface area contributed by atoms with Crippen LogP contribution in [0.1, 0.15) is 48.7 Å². The van der Waals surface area contributed by atoms with Crippen molar-refractivity contribution in [3.05, 3.63) is 23.7 Å². The van der Waals surface area contributed by atoms with Crippen LogP contribution in [-0.4, -0.2) is 59.9 Å². The van der Waals surface area contributed by atoms with Crippen molar-refractivity contribution in [1.29, 1.82) is 0 Å². The van der Waals surface area contributed by atoms with E-state index in [9.17, 15) is 9.59 Å². The number of piperidine rings is 1. The summed E-state index contributed by atoms with van der Waals surface area (Å²) in [6.07, 6.45) is 6.24. The lowest BCUT2D eigenvalue weighted by Gasteiger charge is -2.36. The molecule has 0 radical (unpaired) electrons. The van der Waals surface area contributed by atoms with Gasteiger partial charge in [0.25, 0.3) is 5.91 Å². The van der Waals surface area contributed by atoms with Crippen molar-refractivity contribution in [1.82, 2.24) is 15.1 Å². The molecule has 6 heteroatoms. The Bertz CT molecular complexity index is 674. The molecule has 26 heavy (non-hydrogen) atoms. The fourth-order valence-corrected chi connectivity index (χ4v) is 4.73. The lowest BCUT2D eigenvalue weighted by atomic mass is 9.97. The number of nitrogens with zero attached hydrogens (tertiary/aromatic N) is 2. The lowest BCUT2D eigenvalue weighted by Crippen LogP contribution is -2.46. The normalized spacial score (nSPS) is 27.7. The standard InChI is InChI=1S/C20H29N3O3/c1-13-17(7-10-26-13)20(25)21-19-12-23(11-18(19)15-3-4-15)16-5-8-22(9-6-16)14(2)24/h7,10,15-16,18-19H,3-6,8-9,11-12H2,1-2H3,(H,21,25)/t18-,19+/m1/s1. The van der Waals surface area contributed by atoms with Gasteiger partial charge in [-0.1, -0.05) is 0 Å². The number of carbonyl (C=O) groups is 2. The molecular formula is C20H29N3O3. The second kappa shape index (κ2) is 7.06. The van der Waals surface area contributed by atoms with Crippen LogP contribution >= 0.6 is 0 Å². The molecule has 1 aromatic rings. The van der Waals surface area contributed by atoms with Crippen molar-refractivity contribution in [3.8, 4) is 0 Å². The average molecular weight is 359 g/mol. The van der Waals surface area contributed by atoms with Crippen LogP contribution in [0.15, 0.2) is 16.7 Å². The SMILES string of the molecule is CC(=O)N1CCC(N2C[C@H](NC(=O)c3ccoc3C)[C@@H](C3CC3)C2)CC1. The second-order valence-electron chi connectivity index (χ2n) is 8.16. The van der Waals surface area contributed by atoms with Gasteiger partial charge in [-0.15, -0.1) is 0 Å². The Morgan fingerprint density at radius 1 is 1.15 bits per heavy atom. The van der Waals surface area contributed by atoms with Crippen LogP contribution in [0.4, 0.5) is 0 Å². The molecule has 3 fully saturated rings. The van der Waals surface area contributed by atoms with E-state index in [4.69, 9.17) is 4.42 Å². The molecule has 0 aromatic carbocycles. The molecule has 2 saturated heterocycles. The molecule has 1 aromatic heterocycles. The number of nitrogens with one attached hydrogen (secondary N) is 1. The van der Waals surface area contributed by atoms with E-state index in [1.165, 1.54) is 12.8 Å². The first-order chi connectivity index (χ1) is 12.5. The third-order valence-electron chi connectivity index (χ3n) is 6.47. The highest BCUT2D eigenvalue weighted by atomic mass is 16.3. The minimum Gasteiger partial charge on any atom is -0.469 e. The number of carbonyl (C=O) groups excluding carboxylic acids is 2. The van der Waals surface area contributed by atoms with Gasteiger partial charge in [-0.2, -0.15) is 0 Å². The molecule has 2 atom stereocenters. The third-order valence-corrected chi connectivity index (χ3v) is 6.47. The molecule has 0 bridgehead atoms. The summed E-state index contributed by atoms with van der Waals surface area (Å²) in [6.45, 7) is 7.20. The van der Waals surface area contributed by atoms with Crippen LogP contribution in [0.3, 0.4) is 0 Å². The largest absolute Gasteiger partial charge is 0.469 e. The van der Waals surface area contributed by atoms with Crippen molar-refractivity contribution in [3.63, 3.8) is 0 Å². The fourth-order valence-electron chi connectivity index (χ4n) is 4.73. The molecule has 1 saturated carbocycles. The van der Waals surface area contributed by atoms with E-state index in [0.29, 0.717) is 23.3 Å². The van der Waals surface area contributed by atoms with Gasteiger partial charge in [-0.3, -0.25) is 14.5 Å². The number of furan rings is 1. The smallest absolute Gasteiger partial charge is 0.255 e. The van der Waals surface area contributed by atoms with Crippen molar-refractivity contribution >= 4 is 11.8 Å². The summed E-state index contributed by atoms with van der Waals surface area (Å²) in [5, 5.41) is 3.28. The highest BCUT2D eigenvalue weighted by molar-refractivity contribution is 5.95. The highest BCUT2D eigenvalue weighted by Gasteiger charge is 2.45. The zero-order valence-corrected chi connectivity index (χ0v) is 15.7. The second-order valence-corrected chi connectivity index (χ2v) is 8.16. The van der Waals surface area contributed by atoms with E-state index in [2.05, 4.69) is 10.2 Å². The van der Waals surface area contributed by atoms with E-state index in [-0.39, 0.29) is 17.9 Å². The Morgan fingerprint density at radius 2 is 1.88 bits per heavy atom. The molecule has 3 heterocycles. The van der Waals surface area contributed by atoms with E-state index in [1.54, 1.807) is 19.3 Å². The van der Waals surface area contributed by atoms with Gasteiger partial charge < -0.3 is 14.6 Å². The summed E-state index contributed by atoms with van der Waals surface area (Å²) in [6, 6.07) is 2.50. The maximum Gasteiger partial charge on any atom is 0.255 e. The minimum absolute atomic E-state index is 0.0138. The van der Waals surface area contributed by atoms with Gasteiger partial charge in [0.15, 0.2) is 0 Å². The Labute approximate surface area is 154 Å². The minimum atomic E-state index is -0.0138. The molecule has 4 rings (SSSR count). The fraction of sp³-hybridized carbons (Fsp3) is 0.700. The van der Waals surface area contributed by atoms with E-state index >= 15 is 0 Å². The van der Waals surface area contributed by atoms with E-state index < -0.39 is 0 Å². The number of rotatable bonds is 4. The van der Waals surface area contributed by atoms with Crippen LogP contribution in [0.2, 0.25) is 0 Å². The summed E-state index contributed by atoms with van der Waals surface area (Å²) < 4.78 is 5.28. The Morgan fingerprint density at radius 3 is 2.46 bits per heavy atom. The van der Waals surface area contributed by atoms with Crippen molar-refractivity contribution in [2.45, 2.75) is 51.6 Å². The number of hydrogen-bond donors (Lipinski definition) is 1. The molecule has 3 aliphatic rings. The molecule has 0 spiro atoms. The lowest BCUT2D eigenvalue weighted by molar-refractivity contribution is -0.130. The maximum absolute atomic E-state index is 12.6. The van der Waals surface area contributed by atoms with Gasteiger partial charge in [0, 0.05) is 45.2 Å². The average Bonchev–Trinajstić information content (AvgIpc) is 3.25. The third kappa shape index (κ3) is 3.52. The van der Waals surface area contributed by atoms with E-state index in [1.807, 2.05) is 11.8 Å². The van der Waals surface area contributed by atoms with Crippen LogP contribution in [0, 0.1) is 18.8 Å². The zero-order valence-electron chi connectivity index (χ0n) is 15.7. The predicted octanol–water partition coefficient (Wildman–Crippen LogP) is 2.04. The Hall–Kier alpha value is -1.82. The first-order valence-electron chi connectivity index (χ1n) is 9.87. The maximum atomic E-state index is 12.6. The summed E-state index contributed by atoms with van der Waals surface area (Å²) in [5.41, 5.74) is 0.646. The van der Waals surface area contributed by atoms with Gasteiger partial charge in [0.05, 0.1) is 11.8 Å². The topological polar surface area (TPSA) is 65.8 Å². The van der Waals surface area contributed by atoms with Crippen molar-refractivity contribution < 1.29 is 14.0 Å². The molecular weight excluding hydrogens is 330 g/mol. The van der Waals surface area contributed by atoms with Gasteiger partial charge >= 0.3 is 0 Å². The van der Waals surface area contributed by atoms with E-state index in [0.717, 1.165) is 44.9 Å². The molecule has 1 N–H and O–H groups in total. The molecule has 1 aliphatic carbocycles. The van der Waals surface area contributed by atoms with Gasteiger partial charge in [-0.05, 0) is 50.5 Å². The summed E-state index contributed by atoms with van der Waals surface area (Å²) in [4.78, 5) is 28.7. The predicted molar refractivity (Wildman–Crippen MR) is 97.8 cm³/mol. The first-order valence-corrected chi connectivity index (χ1v) is 9.87. The van der Waals surface area contributed by atoms with Crippen LogP contribution in [-0.2, 0) is 4.79 Å². The monoisotopic (exact) mass is 359 g/mol. The van der Waals surface area contributed by atoms with Crippen LogP contribution < -0.4 is 5.32 Å². The molecule has 0 unspecified atom stereocenters. The molecule has 6 nitrogen and oxygen atoms in total. The van der Waals surface area contributed by atoms with Gasteiger partial charge in [0.1, 0.15) is 5.76 Å². The van der Waals surface area contributed by atoms with Crippen LogP contribution in [0.5, 0.6) is 0 Å².